The first-order valence-corrected chi connectivity index (χ1v) is 10.8. The Balaban J connectivity index is 1.37. The van der Waals surface area contributed by atoms with E-state index in [0.717, 1.165) is 43.2 Å². The molecule has 2 heterocycles. The van der Waals surface area contributed by atoms with Crippen LogP contribution < -0.4 is 15.4 Å². The van der Waals surface area contributed by atoms with Crippen LogP contribution in [0.5, 0.6) is 5.75 Å². The summed E-state index contributed by atoms with van der Waals surface area (Å²) in [5.41, 5.74) is 3.58. The molecule has 2 aliphatic heterocycles. The molecule has 1 unspecified atom stereocenters. The highest BCUT2D eigenvalue weighted by Crippen LogP contribution is 2.27. The van der Waals surface area contributed by atoms with E-state index >= 15 is 0 Å². The summed E-state index contributed by atoms with van der Waals surface area (Å²) >= 11 is 0. The minimum Gasteiger partial charge on any atom is -0.488 e. The number of guanidine groups is 1. The van der Waals surface area contributed by atoms with Gasteiger partial charge in [-0.2, -0.15) is 0 Å². The average Bonchev–Trinajstić information content (AvgIpc) is 3.36. The molecule has 6 heteroatoms. The molecule has 4 rings (SSSR count). The largest absolute Gasteiger partial charge is 0.488 e. The monoisotopic (exact) mass is 406 g/mol. The van der Waals surface area contributed by atoms with E-state index in [1.54, 1.807) is 0 Å². The number of benzene rings is 2. The van der Waals surface area contributed by atoms with E-state index in [4.69, 9.17) is 9.73 Å². The van der Waals surface area contributed by atoms with Crippen molar-refractivity contribution in [3.05, 3.63) is 65.2 Å². The molecular formula is C24H30N4O2. The van der Waals surface area contributed by atoms with Gasteiger partial charge in [0.25, 0.3) is 0 Å². The first kappa shape index (κ1) is 20.3. The van der Waals surface area contributed by atoms with Crippen molar-refractivity contribution in [1.29, 1.82) is 0 Å². The second-order valence-corrected chi connectivity index (χ2v) is 7.82. The van der Waals surface area contributed by atoms with Crippen molar-refractivity contribution in [1.82, 2.24) is 15.5 Å². The van der Waals surface area contributed by atoms with Gasteiger partial charge < -0.3 is 20.3 Å². The van der Waals surface area contributed by atoms with E-state index in [1.807, 2.05) is 29.2 Å². The second kappa shape index (κ2) is 9.65. The van der Waals surface area contributed by atoms with Crippen molar-refractivity contribution in [2.24, 2.45) is 4.99 Å². The van der Waals surface area contributed by atoms with E-state index in [9.17, 15) is 4.79 Å². The van der Waals surface area contributed by atoms with E-state index in [-0.39, 0.29) is 12.0 Å². The Morgan fingerprint density at radius 1 is 1.13 bits per heavy atom. The SMILES string of the molecule is CCNC(=NCc1ccccc1CN1CCCC1=O)NCC1Cc2ccccc2O1. The number of carbonyl (C=O) groups excluding carboxylic acids is 1. The maximum atomic E-state index is 12.0. The van der Waals surface area contributed by atoms with Crippen LogP contribution in [-0.2, 0) is 24.3 Å². The smallest absolute Gasteiger partial charge is 0.222 e. The van der Waals surface area contributed by atoms with Gasteiger partial charge in [0.2, 0.25) is 5.91 Å². The quantitative estimate of drug-likeness (QED) is 0.548. The number of carbonyl (C=O) groups is 1. The zero-order valence-electron chi connectivity index (χ0n) is 17.6. The Labute approximate surface area is 178 Å². The number of likely N-dealkylation sites (tertiary alicyclic amines) is 1. The van der Waals surface area contributed by atoms with Crippen LogP contribution in [0.3, 0.4) is 0 Å². The van der Waals surface area contributed by atoms with Gasteiger partial charge in [0, 0.05) is 32.5 Å². The van der Waals surface area contributed by atoms with E-state index in [0.29, 0.717) is 26.1 Å². The molecule has 1 atom stereocenters. The predicted octanol–water partition coefficient (Wildman–Crippen LogP) is 2.87. The van der Waals surface area contributed by atoms with Crippen molar-refractivity contribution in [3.63, 3.8) is 0 Å². The molecule has 158 valence electrons. The molecule has 1 fully saturated rings. The van der Waals surface area contributed by atoms with Crippen LogP contribution in [0.25, 0.3) is 0 Å². The summed E-state index contributed by atoms with van der Waals surface area (Å²) in [5.74, 6) is 2.02. The van der Waals surface area contributed by atoms with E-state index in [2.05, 4.69) is 41.8 Å². The highest BCUT2D eigenvalue weighted by molar-refractivity contribution is 5.80. The molecule has 6 nitrogen and oxygen atoms in total. The lowest BCUT2D eigenvalue weighted by Crippen LogP contribution is -2.42. The summed E-state index contributed by atoms with van der Waals surface area (Å²) in [7, 11) is 0. The van der Waals surface area contributed by atoms with Crippen LogP contribution in [0.2, 0.25) is 0 Å². The average molecular weight is 407 g/mol. The summed E-state index contributed by atoms with van der Waals surface area (Å²) in [6.07, 6.45) is 2.65. The van der Waals surface area contributed by atoms with Crippen molar-refractivity contribution in [3.8, 4) is 5.75 Å². The van der Waals surface area contributed by atoms with Crippen molar-refractivity contribution in [2.45, 2.75) is 45.4 Å². The number of nitrogens with zero attached hydrogens (tertiary/aromatic N) is 2. The summed E-state index contributed by atoms with van der Waals surface area (Å²) in [6, 6.07) is 16.5. The molecule has 0 aliphatic carbocycles. The van der Waals surface area contributed by atoms with Gasteiger partial charge >= 0.3 is 0 Å². The topological polar surface area (TPSA) is 66.0 Å². The van der Waals surface area contributed by atoms with Gasteiger partial charge in [-0.1, -0.05) is 42.5 Å². The number of nitrogens with one attached hydrogen (secondary N) is 2. The van der Waals surface area contributed by atoms with Gasteiger partial charge in [-0.3, -0.25) is 4.79 Å². The molecule has 0 saturated carbocycles. The number of ether oxygens (including phenoxy) is 1. The van der Waals surface area contributed by atoms with Crippen LogP contribution in [0, 0.1) is 0 Å². The van der Waals surface area contributed by atoms with Crippen LogP contribution in [0.1, 0.15) is 36.5 Å². The van der Waals surface area contributed by atoms with E-state index in [1.165, 1.54) is 11.1 Å². The van der Waals surface area contributed by atoms with Gasteiger partial charge in [-0.05, 0) is 36.1 Å². The molecule has 0 bridgehead atoms. The fourth-order valence-electron chi connectivity index (χ4n) is 4.03. The standard InChI is InChI=1S/C24H30N4O2/c1-2-25-24(27-16-21-14-18-8-5-6-11-22(18)30-21)26-15-19-9-3-4-10-20(19)17-28-13-7-12-23(28)29/h3-6,8-11,21H,2,7,12-17H2,1H3,(H2,25,26,27). The molecule has 2 aromatic carbocycles. The highest BCUT2D eigenvalue weighted by Gasteiger charge is 2.23. The third-order valence-electron chi connectivity index (χ3n) is 5.61. The Hall–Kier alpha value is -3.02. The summed E-state index contributed by atoms with van der Waals surface area (Å²) in [6.45, 7) is 5.64. The fourth-order valence-corrected chi connectivity index (χ4v) is 4.03. The molecule has 1 amide bonds. The summed E-state index contributed by atoms with van der Waals surface area (Å²) in [5, 5.41) is 6.73. The van der Waals surface area contributed by atoms with Gasteiger partial charge in [-0.15, -0.1) is 0 Å². The zero-order chi connectivity index (χ0) is 20.8. The number of aliphatic imine (C=N–C) groups is 1. The lowest BCUT2D eigenvalue weighted by molar-refractivity contribution is -0.128. The maximum Gasteiger partial charge on any atom is 0.222 e. The van der Waals surface area contributed by atoms with Gasteiger partial charge in [0.05, 0.1) is 13.1 Å². The van der Waals surface area contributed by atoms with Crippen molar-refractivity contribution >= 4 is 11.9 Å². The Kier molecular flexibility index (Phi) is 6.52. The summed E-state index contributed by atoms with van der Waals surface area (Å²) < 4.78 is 6.02. The molecule has 0 aromatic heterocycles. The summed E-state index contributed by atoms with van der Waals surface area (Å²) in [4.78, 5) is 18.7. The first-order chi connectivity index (χ1) is 14.7. The molecular weight excluding hydrogens is 376 g/mol. The number of hydrogen-bond acceptors (Lipinski definition) is 3. The number of rotatable bonds is 7. The van der Waals surface area contributed by atoms with Gasteiger partial charge in [0.1, 0.15) is 11.9 Å². The fraction of sp³-hybridized carbons (Fsp3) is 0.417. The van der Waals surface area contributed by atoms with Crippen LogP contribution >= 0.6 is 0 Å². The minimum atomic E-state index is 0.111. The van der Waals surface area contributed by atoms with Crippen molar-refractivity contribution < 1.29 is 9.53 Å². The number of para-hydroxylation sites is 1. The Bertz CT molecular complexity index is 887. The third kappa shape index (κ3) is 4.93. The van der Waals surface area contributed by atoms with E-state index < -0.39 is 0 Å². The van der Waals surface area contributed by atoms with Crippen LogP contribution in [0.15, 0.2) is 53.5 Å². The maximum absolute atomic E-state index is 12.0. The first-order valence-electron chi connectivity index (χ1n) is 10.8. The molecule has 30 heavy (non-hydrogen) atoms. The molecule has 1 saturated heterocycles. The lowest BCUT2D eigenvalue weighted by Gasteiger charge is -2.18. The van der Waals surface area contributed by atoms with Crippen molar-refractivity contribution in [2.75, 3.05) is 19.6 Å². The number of fused-ring (bicyclic) bond motifs is 1. The van der Waals surface area contributed by atoms with Crippen LogP contribution in [0.4, 0.5) is 0 Å². The molecule has 2 N–H and O–H groups in total. The molecule has 0 radical (unpaired) electrons. The molecule has 0 spiro atoms. The minimum absolute atomic E-state index is 0.111. The van der Waals surface area contributed by atoms with Gasteiger partial charge in [-0.25, -0.2) is 4.99 Å². The lowest BCUT2D eigenvalue weighted by atomic mass is 10.1. The molecule has 2 aliphatic rings. The number of hydrogen-bond donors (Lipinski definition) is 2. The number of amides is 1. The Morgan fingerprint density at radius 3 is 2.70 bits per heavy atom. The van der Waals surface area contributed by atoms with Crippen LogP contribution in [-0.4, -0.2) is 42.5 Å². The van der Waals surface area contributed by atoms with Gasteiger partial charge in [0.15, 0.2) is 5.96 Å². The Morgan fingerprint density at radius 2 is 1.93 bits per heavy atom. The highest BCUT2D eigenvalue weighted by atomic mass is 16.5. The predicted molar refractivity (Wildman–Crippen MR) is 118 cm³/mol. The zero-order valence-corrected chi connectivity index (χ0v) is 17.6. The normalized spacial score (nSPS) is 18.3. The molecule has 2 aromatic rings. The second-order valence-electron chi connectivity index (χ2n) is 7.82. The third-order valence-corrected chi connectivity index (χ3v) is 5.61.